The number of nitrogens with zero attached hydrogens (tertiary/aromatic N) is 1. The van der Waals surface area contributed by atoms with Gasteiger partial charge >= 0.3 is 0 Å². The first kappa shape index (κ1) is 13.3. The van der Waals surface area contributed by atoms with E-state index in [9.17, 15) is 15.0 Å². The predicted octanol–water partition coefficient (Wildman–Crippen LogP) is 1.20. The number of hydrogen-bond acceptors (Lipinski definition) is 4. The summed E-state index contributed by atoms with van der Waals surface area (Å²) in [5.41, 5.74) is -0.0849. The summed E-state index contributed by atoms with van der Waals surface area (Å²) in [7, 11) is 3.14. The highest BCUT2D eigenvalue weighted by molar-refractivity contribution is 5.99. The van der Waals surface area contributed by atoms with Crippen molar-refractivity contribution in [1.29, 1.82) is 0 Å². The molecule has 0 heterocycles. The number of aromatic hydroxyl groups is 2. The van der Waals surface area contributed by atoms with E-state index in [0.717, 1.165) is 0 Å². The number of benzene rings is 1. The number of hydrogen-bond donors (Lipinski definition) is 2. The second kappa shape index (κ2) is 5.54. The van der Waals surface area contributed by atoms with Crippen molar-refractivity contribution in [3.05, 3.63) is 23.8 Å². The van der Waals surface area contributed by atoms with E-state index in [1.54, 1.807) is 14.2 Å². The lowest BCUT2D eigenvalue weighted by Gasteiger charge is -2.21. The zero-order valence-corrected chi connectivity index (χ0v) is 10.2. The summed E-state index contributed by atoms with van der Waals surface area (Å²) < 4.78 is 5.05. The number of amides is 1. The molecule has 94 valence electrons. The molecule has 0 spiro atoms. The van der Waals surface area contributed by atoms with Gasteiger partial charge in [-0.2, -0.15) is 0 Å². The molecule has 5 nitrogen and oxygen atoms in total. The van der Waals surface area contributed by atoms with Gasteiger partial charge in [0, 0.05) is 20.7 Å². The molecule has 5 heteroatoms. The Bertz CT molecular complexity index is 385. The second-order valence-corrected chi connectivity index (χ2v) is 3.90. The molecule has 0 aliphatic heterocycles. The number of ether oxygens (including phenoxy) is 1. The average molecular weight is 239 g/mol. The molecule has 1 aromatic rings. The van der Waals surface area contributed by atoms with Crippen LogP contribution in [0.15, 0.2) is 18.2 Å². The van der Waals surface area contributed by atoms with Crippen LogP contribution in [-0.4, -0.2) is 47.8 Å². The van der Waals surface area contributed by atoms with Gasteiger partial charge in [-0.25, -0.2) is 0 Å². The molecule has 0 saturated heterocycles. The molecule has 1 amide bonds. The zero-order valence-electron chi connectivity index (χ0n) is 10.2. The third kappa shape index (κ3) is 3.10. The molecule has 1 aromatic carbocycles. The Hall–Kier alpha value is -1.75. The largest absolute Gasteiger partial charge is 0.507 e. The van der Waals surface area contributed by atoms with Gasteiger partial charge in [0.1, 0.15) is 17.1 Å². The minimum Gasteiger partial charge on any atom is -0.507 e. The van der Waals surface area contributed by atoms with Crippen molar-refractivity contribution in [3.63, 3.8) is 0 Å². The quantitative estimate of drug-likeness (QED) is 0.828. The maximum absolute atomic E-state index is 12.0. The van der Waals surface area contributed by atoms with E-state index in [2.05, 4.69) is 0 Å². The Kier molecular flexibility index (Phi) is 4.34. The lowest BCUT2D eigenvalue weighted by Crippen LogP contribution is -2.33. The lowest BCUT2D eigenvalue weighted by atomic mass is 10.1. The van der Waals surface area contributed by atoms with E-state index >= 15 is 0 Å². The highest BCUT2D eigenvalue weighted by atomic mass is 16.5. The van der Waals surface area contributed by atoms with Gasteiger partial charge < -0.3 is 19.8 Å². The Balaban J connectivity index is 2.89. The molecule has 0 saturated carbocycles. The summed E-state index contributed by atoms with van der Waals surface area (Å²) in [6, 6.07) is 4.19. The van der Waals surface area contributed by atoms with Gasteiger partial charge in [-0.05, 0) is 19.1 Å². The smallest absolute Gasteiger partial charge is 0.261 e. The van der Waals surface area contributed by atoms with Crippen LogP contribution in [0.2, 0.25) is 0 Å². The third-order valence-electron chi connectivity index (χ3n) is 2.51. The summed E-state index contributed by atoms with van der Waals surface area (Å²) in [6.07, 6.45) is -0.114. The monoisotopic (exact) mass is 239 g/mol. The summed E-state index contributed by atoms with van der Waals surface area (Å²) in [4.78, 5) is 13.4. The molecular weight excluding hydrogens is 222 g/mol. The second-order valence-electron chi connectivity index (χ2n) is 3.90. The first-order valence-electron chi connectivity index (χ1n) is 5.26. The van der Waals surface area contributed by atoms with Crippen LogP contribution in [0.5, 0.6) is 11.5 Å². The Labute approximate surface area is 100 Å². The molecule has 0 aliphatic carbocycles. The van der Waals surface area contributed by atoms with Crippen LogP contribution in [0.4, 0.5) is 0 Å². The van der Waals surface area contributed by atoms with Gasteiger partial charge in [0.25, 0.3) is 5.91 Å². The van der Waals surface area contributed by atoms with Crippen LogP contribution >= 0.6 is 0 Å². The highest BCUT2D eigenvalue weighted by Crippen LogP contribution is 2.27. The first-order valence-corrected chi connectivity index (χ1v) is 5.26. The number of likely N-dealkylation sites (N-methyl/N-ethyl adjacent to an activating group) is 1. The molecule has 0 radical (unpaired) electrons. The number of carbonyl (C=O) groups is 1. The van der Waals surface area contributed by atoms with E-state index in [1.165, 1.54) is 23.1 Å². The van der Waals surface area contributed by atoms with Crippen molar-refractivity contribution in [2.45, 2.75) is 13.0 Å². The minimum atomic E-state index is -0.440. The molecule has 0 fully saturated rings. The number of phenols is 2. The molecule has 2 N–H and O–H groups in total. The van der Waals surface area contributed by atoms with Gasteiger partial charge in [0.2, 0.25) is 0 Å². The minimum absolute atomic E-state index is 0.0849. The Morgan fingerprint density at radius 1 is 1.41 bits per heavy atom. The fourth-order valence-electron chi connectivity index (χ4n) is 1.48. The van der Waals surface area contributed by atoms with E-state index in [4.69, 9.17) is 4.74 Å². The highest BCUT2D eigenvalue weighted by Gasteiger charge is 2.20. The van der Waals surface area contributed by atoms with Crippen LogP contribution in [0.25, 0.3) is 0 Å². The topological polar surface area (TPSA) is 70.0 Å². The van der Waals surface area contributed by atoms with Crippen LogP contribution in [0.1, 0.15) is 17.3 Å². The van der Waals surface area contributed by atoms with Crippen LogP contribution in [-0.2, 0) is 4.74 Å². The maximum atomic E-state index is 12.0. The van der Waals surface area contributed by atoms with Crippen molar-refractivity contribution >= 4 is 5.91 Å². The van der Waals surface area contributed by atoms with Gasteiger partial charge in [0.05, 0.1) is 6.10 Å². The number of carbonyl (C=O) groups excluding carboxylic acids is 1. The molecule has 1 rings (SSSR count). The maximum Gasteiger partial charge on any atom is 0.261 e. The van der Waals surface area contributed by atoms with E-state index in [1.807, 2.05) is 6.92 Å². The molecule has 17 heavy (non-hydrogen) atoms. The van der Waals surface area contributed by atoms with Crippen molar-refractivity contribution in [2.24, 2.45) is 0 Å². The molecule has 0 bridgehead atoms. The van der Waals surface area contributed by atoms with Crippen LogP contribution in [0.3, 0.4) is 0 Å². The van der Waals surface area contributed by atoms with Gasteiger partial charge in [0.15, 0.2) is 0 Å². The first-order chi connectivity index (χ1) is 7.97. The van der Waals surface area contributed by atoms with E-state index in [-0.39, 0.29) is 23.2 Å². The summed E-state index contributed by atoms with van der Waals surface area (Å²) in [5.74, 6) is -0.900. The predicted molar refractivity (Wildman–Crippen MR) is 63.2 cm³/mol. The fourth-order valence-corrected chi connectivity index (χ4v) is 1.48. The number of phenolic OH excluding ortho intramolecular Hbond substituents is 2. The average Bonchev–Trinajstić information content (AvgIpc) is 2.28. The standard InChI is InChI=1S/C12H17NO4/c1-8(17-3)7-13(2)12(16)11-9(14)5-4-6-10(11)15/h4-6,8,14-15H,7H2,1-3H3. The molecular formula is C12H17NO4. The SMILES string of the molecule is COC(C)CN(C)C(=O)c1c(O)cccc1O. The van der Waals surface area contributed by atoms with Crippen molar-refractivity contribution < 1.29 is 19.7 Å². The van der Waals surface area contributed by atoms with Gasteiger partial charge in [-0.3, -0.25) is 4.79 Å². The van der Waals surface area contributed by atoms with Gasteiger partial charge in [-0.1, -0.05) is 6.07 Å². The molecule has 0 aliphatic rings. The normalized spacial score (nSPS) is 12.2. The van der Waals surface area contributed by atoms with E-state index in [0.29, 0.717) is 6.54 Å². The lowest BCUT2D eigenvalue weighted by molar-refractivity contribution is 0.0595. The summed E-state index contributed by atoms with van der Waals surface area (Å²) >= 11 is 0. The number of methoxy groups -OCH3 is 1. The summed E-state index contributed by atoms with van der Waals surface area (Å²) in [6.45, 7) is 2.21. The molecule has 1 atom stereocenters. The third-order valence-corrected chi connectivity index (χ3v) is 2.51. The van der Waals surface area contributed by atoms with E-state index < -0.39 is 5.91 Å². The van der Waals surface area contributed by atoms with Crippen molar-refractivity contribution in [2.75, 3.05) is 20.7 Å². The fraction of sp³-hybridized carbons (Fsp3) is 0.417. The summed E-state index contributed by atoms with van der Waals surface area (Å²) in [5, 5.41) is 19.1. The molecule has 0 aromatic heterocycles. The zero-order chi connectivity index (χ0) is 13.0. The number of rotatable bonds is 4. The van der Waals surface area contributed by atoms with Crippen LogP contribution < -0.4 is 0 Å². The Morgan fingerprint density at radius 2 is 1.94 bits per heavy atom. The van der Waals surface area contributed by atoms with Gasteiger partial charge in [-0.15, -0.1) is 0 Å². The van der Waals surface area contributed by atoms with Crippen molar-refractivity contribution in [1.82, 2.24) is 4.90 Å². The van der Waals surface area contributed by atoms with Crippen molar-refractivity contribution in [3.8, 4) is 11.5 Å². The Morgan fingerprint density at radius 3 is 2.41 bits per heavy atom. The van der Waals surface area contributed by atoms with Crippen LogP contribution in [0, 0.1) is 0 Å². The molecule has 1 unspecified atom stereocenters.